The molecular weight excluding hydrogens is 296 g/mol. The maximum atomic E-state index is 12.4. The predicted octanol–water partition coefficient (Wildman–Crippen LogP) is 4.23. The van der Waals surface area contributed by atoms with E-state index in [-0.39, 0.29) is 11.2 Å². The van der Waals surface area contributed by atoms with Gasteiger partial charge in [-0.3, -0.25) is 4.79 Å². The van der Waals surface area contributed by atoms with Crippen molar-refractivity contribution in [3.63, 3.8) is 0 Å². The Morgan fingerprint density at radius 1 is 0.833 bits per heavy atom. The van der Waals surface area contributed by atoms with E-state index in [9.17, 15) is 4.79 Å². The van der Waals surface area contributed by atoms with Crippen LogP contribution in [-0.4, -0.2) is 15.8 Å². The van der Waals surface area contributed by atoms with E-state index in [0.717, 1.165) is 12.2 Å². The number of hydrogen-bond acceptors (Lipinski definition) is 3. The van der Waals surface area contributed by atoms with E-state index in [1.165, 1.54) is 5.56 Å². The highest BCUT2D eigenvalue weighted by molar-refractivity contribution is 6.08. The van der Waals surface area contributed by atoms with E-state index in [4.69, 9.17) is 0 Å². The summed E-state index contributed by atoms with van der Waals surface area (Å²) in [5.74, 6) is 0.693. The molecule has 0 saturated heterocycles. The van der Waals surface area contributed by atoms with E-state index < -0.39 is 0 Å². The number of aromatic nitrogens is 2. The van der Waals surface area contributed by atoms with Gasteiger partial charge in [-0.2, -0.15) is 0 Å². The molecule has 24 heavy (non-hydrogen) atoms. The lowest BCUT2D eigenvalue weighted by molar-refractivity contribution is 0.103. The number of carbonyl (C=O) groups excluding carboxylic acids is 1. The second kappa shape index (κ2) is 6.75. The highest BCUT2D eigenvalue weighted by atomic mass is 16.1. The number of ketones is 1. The molecule has 0 fully saturated rings. The summed E-state index contributed by atoms with van der Waals surface area (Å²) in [4.78, 5) is 21.2. The molecule has 0 atom stereocenters. The molecule has 0 radical (unpaired) electrons. The van der Waals surface area contributed by atoms with Crippen molar-refractivity contribution in [3.8, 4) is 0 Å². The first-order chi connectivity index (χ1) is 11.6. The average molecular weight is 316 g/mol. The molecule has 3 heteroatoms. The SMILES string of the molecule is CC(C)(Cc1ncc(C(=O)c2ccccc2)cn1)c1ccccc1. The highest BCUT2D eigenvalue weighted by Gasteiger charge is 2.22. The first kappa shape index (κ1) is 16.1. The molecule has 2 aromatic carbocycles. The molecule has 0 unspecified atom stereocenters. The van der Waals surface area contributed by atoms with E-state index in [2.05, 4.69) is 35.9 Å². The summed E-state index contributed by atoms with van der Waals surface area (Å²) in [6.45, 7) is 4.35. The first-order valence-corrected chi connectivity index (χ1v) is 8.02. The van der Waals surface area contributed by atoms with Crippen molar-refractivity contribution in [2.45, 2.75) is 25.7 Å². The minimum absolute atomic E-state index is 0.0514. The standard InChI is InChI=1S/C21H20N2O/c1-21(2,18-11-7-4-8-12-18)13-19-22-14-17(15-23-19)20(24)16-9-5-3-6-10-16/h3-12,14-15H,13H2,1-2H3. The minimum atomic E-state index is -0.0633. The van der Waals surface area contributed by atoms with Gasteiger partial charge in [0.2, 0.25) is 0 Å². The van der Waals surface area contributed by atoms with E-state index >= 15 is 0 Å². The third-order valence-electron chi connectivity index (χ3n) is 4.16. The molecule has 120 valence electrons. The van der Waals surface area contributed by atoms with Crippen molar-refractivity contribution < 1.29 is 4.79 Å². The Balaban J connectivity index is 1.77. The van der Waals surface area contributed by atoms with Gasteiger partial charge < -0.3 is 0 Å². The van der Waals surface area contributed by atoms with Crippen LogP contribution in [0.5, 0.6) is 0 Å². The van der Waals surface area contributed by atoms with Gasteiger partial charge in [-0.1, -0.05) is 74.5 Å². The summed E-state index contributed by atoms with van der Waals surface area (Å²) < 4.78 is 0. The van der Waals surface area contributed by atoms with Gasteiger partial charge >= 0.3 is 0 Å². The van der Waals surface area contributed by atoms with Crippen LogP contribution in [0, 0.1) is 0 Å². The Bertz CT molecular complexity index is 809. The molecular formula is C21H20N2O. The summed E-state index contributed by atoms with van der Waals surface area (Å²) in [5, 5.41) is 0. The summed E-state index contributed by atoms with van der Waals surface area (Å²) in [6.07, 6.45) is 3.97. The highest BCUT2D eigenvalue weighted by Crippen LogP contribution is 2.26. The monoisotopic (exact) mass is 316 g/mol. The molecule has 3 aromatic rings. The van der Waals surface area contributed by atoms with Crippen LogP contribution in [-0.2, 0) is 11.8 Å². The Morgan fingerprint density at radius 3 is 1.96 bits per heavy atom. The van der Waals surface area contributed by atoms with Crippen molar-refractivity contribution in [2.24, 2.45) is 0 Å². The first-order valence-electron chi connectivity index (χ1n) is 8.02. The number of hydrogen-bond donors (Lipinski definition) is 0. The number of carbonyl (C=O) groups is 1. The van der Waals surface area contributed by atoms with Crippen molar-refractivity contribution >= 4 is 5.78 Å². The molecule has 1 aromatic heterocycles. The number of rotatable bonds is 5. The fourth-order valence-electron chi connectivity index (χ4n) is 2.71. The second-order valence-corrected chi connectivity index (χ2v) is 6.51. The molecule has 0 saturated carbocycles. The maximum absolute atomic E-state index is 12.4. The van der Waals surface area contributed by atoms with Gasteiger partial charge in [-0.05, 0) is 11.0 Å². The zero-order valence-corrected chi connectivity index (χ0v) is 13.9. The summed E-state index contributed by atoms with van der Waals surface area (Å²) in [6, 6.07) is 19.5. The van der Waals surface area contributed by atoms with Gasteiger partial charge in [-0.25, -0.2) is 9.97 Å². The van der Waals surface area contributed by atoms with Gasteiger partial charge in [0.1, 0.15) is 5.82 Å². The fourth-order valence-corrected chi connectivity index (χ4v) is 2.71. The molecule has 3 rings (SSSR count). The zero-order chi connectivity index (χ0) is 17.0. The van der Waals surface area contributed by atoms with Gasteiger partial charge in [0, 0.05) is 24.4 Å². The lowest BCUT2D eigenvalue weighted by Crippen LogP contribution is -2.22. The molecule has 0 N–H and O–H groups in total. The van der Waals surface area contributed by atoms with Gasteiger partial charge in [0.15, 0.2) is 5.78 Å². The third kappa shape index (κ3) is 3.57. The third-order valence-corrected chi connectivity index (χ3v) is 4.16. The Morgan fingerprint density at radius 2 is 1.38 bits per heavy atom. The summed E-state index contributed by atoms with van der Waals surface area (Å²) in [7, 11) is 0. The maximum Gasteiger partial charge on any atom is 0.196 e. The predicted molar refractivity (Wildman–Crippen MR) is 95.1 cm³/mol. The van der Waals surface area contributed by atoms with E-state index in [1.54, 1.807) is 24.5 Å². The van der Waals surface area contributed by atoms with Crippen molar-refractivity contribution in [1.82, 2.24) is 9.97 Å². The lowest BCUT2D eigenvalue weighted by atomic mass is 9.81. The van der Waals surface area contributed by atoms with Gasteiger partial charge in [0.25, 0.3) is 0 Å². The normalized spacial score (nSPS) is 11.2. The Labute approximate surface area is 142 Å². The van der Waals surface area contributed by atoms with Crippen LogP contribution >= 0.6 is 0 Å². The van der Waals surface area contributed by atoms with Crippen LogP contribution < -0.4 is 0 Å². The largest absolute Gasteiger partial charge is 0.288 e. The van der Waals surface area contributed by atoms with Crippen LogP contribution in [0.4, 0.5) is 0 Å². The van der Waals surface area contributed by atoms with E-state index in [0.29, 0.717) is 11.1 Å². The minimum Gasteiger partial charge on any atom is -0.288 e. The van der Waals surface area contributed by atoms with Crippen molar-refractivity contribution in [3.05, 3.63) is 95.6 Å². The topological polar surface area (TPSA) is 42.9 Å². The van der Waals surface area contributed by atoms with Crippen LogP contribution in [0.3, 0.4) is 0 Å². The Kier molecular flexibility index (Phi) is 4.52. The zero-order valence-electron chi connectivity index (χ0n) is 13.9. The number of nitrogens with zero attached hydrogens (tertiary/aromatic N) is 2. The van der Waals surface area contributed by atoms with Gasteiger partial charge in [-0.15, -0.1) is 0 Å². The molecule has 0 aliphatic rings. The summed E-state index contributed by atoms with van der Waals surface area (Å²) >= 11 is 0. The van der Waals surface area contributed by atoms with Crippen LogP contribution in [0.1, 0.15) is 41.2 Å². The van der Waals surface area contributed by atoms with Crippen molar-refractivity contribution in [1.29, 1.82) is 0 Å². The molecule has 0 aliphatic carbocycles. The smallest absolute Gasteiger partial charge is 0.196 e. The molecule has 0 aliphatic heterocycles. The lowest BCUT2D eigenvalue weighted by Gasteiger charge is -2.24. The quantitative estimate of drug-likeness (QED) is 0.662. The second-order valence-electron chi connectivity index (χ2n) is 6.51. The van der Waals surface area contributed by atoms with Crippen LogP contribution in [0.25, 0.3) is 0 Å². The molecule has 0 spiro atoms. The molecule has 0 bridgehead atoms. The fraction of sp³-hybridized carbons (Fsp3) is 0.190. The van der Waals surface area contributed by atoms with Crippen molar-refractivity contribution in [2.75, 3.05) is 0 Å². The summed E-state index contributed by atoms with van der Waals surface area (Å²) in [5.41, 5.74) is 2.35. The average Bonchev–Trinajstić information content (AvgIpc) is 2.63. The molecule has 3 nitrogen and oxygen atoms in total. The van der Waals surface area contributed by atoms with Gasteiger partial charge in [0.05, 0.1) is 5.56 Å². The van der Waals surface area contributed by atoms with Crippen LogP contribution in [0.2, 0.25) is 0 Å². The van der Waals surface area contributed by atoms with E-state index in [1.807, 2.05) is 36.4 Å². The molecule has 0 amide bonds. The Hall–Kier alpha value is -2.81. The van der Waals surface area contributed by atoms with Crippen LogP contribution in [0.15, 0.2) is 73.1 Å². The number of benzene rings is 2. The molecule has 1 heterocycles.